The van der Waals surface area contributed by atoms with Gasteiger partial charge in [0.05, 0.1) is 24.3 Å². The molecule has 1 aliphatic heterocycles. The van der Waals surface area contributed by atoms with Gasteiger partial charge in [-0.1, -0.05) is 0 Å². The number of hydrogen-bond donors (Lipinski definition) is 0. The lowest BCUT2D eigenvalue weighted by molar-refractivity contribution is 0.0340. The molecule has 16 heavy (non-hydrogen) atoms. The van der Waals surface area contributed by atoms with Gasteiger partial charge in [0.25, 0.3) is 0 Å². The van der Waals surface area contributed by atoms with Crippen LogP contribution in [0.2, 0.25) is 0 Å². The Morgan fingerprint density at radius 2 is 2.38 bits per heavy atom. The summed E-state index contributed by atoms with van der Waals surface area (Å²) in [5, 5.41) is 9.05. The minimum atomic E-state index is 0.185. The molecule has 0 amide bonds. The predicted molar refractivity (Wildman–Crippen MR) is 61.2 cm³/mol. The second-order valence-corrected chi connectivity index (χ2v) is 4.13. The van der Waals surface area contributed by atoms with Crippen LogP contribution in [0.15, 0.2) is 18.3 Å². The van der Waals surface area contributed by atoms with Gasteiger partial charge in [-0.05, 0) is 26.0 Å². The molecule has 0 spiro atoms. The van der Waals surface area contributed by atoms with Gasteiger partial charge in [-0.3, -0.25) is 0 Å². The Kier molecular flexibility index (Phi) is 3.07. The monoisotopic (exact) mass is 217 g/mol. The van der Waals surface area contributed by atoms with Crippen molar-refractivity contribution in [3.63, 3.8) is 0 Å². The van der Waals surface area contributed by atoms with Crippen molar-refractivity contribution in [2.75, 3.05) is 18.1 Å². The van der Waals surface area contributed by atoms with Crippen molar-refractivity contribution in [1.29, 1.82) is 5.26 Å². The largest absolute Gasteiger partial charge is 0.375 e. The van der Waals surface area contributed by atoms with E-state index in [1.165, 1.54) is 0 Å². The van der Waals surface area contributed by atoms with Gasteiger partial charge < -0.3 is 9.64 Å². The molecule has 0 aromatic carbocycles. The van der Waals surface area contributed by atoms with Crippen LogP contribution < -0.4 is 4.90 Å². The van der Waals surface area contributed by atoms with Crippen molar-refractivity contribution < 1.29 is 4.74 Å². The van der Waals surface area contributed by atoms with E-state index >= 15 is 0 Å². The molecular formula is C12H15N3O. The Morgan fingerprint density at radius 3 is 3.12 bits per heavy atom. The van der Waals surface area contributed by atoms with Crippen molar-refractivity contribution in [3.05, 3.63) is 23.9 Å². The van der Waals surface area contributed by atoms with Crippen LogP contribution in [0.5, 0.6) is 0 Å². The summed E-state index contributed by atoms with van der Waals surface area (Å²) in [7, 11) is 0. The van der Waals surface area contributed by atoms with Crippen LogP contribution in [-0.4, -0.2) is 30.3 Å². The molecule has 2 atom stereocenters. The van der Waals surface area contributed by atoms with Gasteiger partial charge in [-0.25, -0.2) is 4.98 Å². The summed E-state index contributed by atoms with van der Waals surface area (Å²) < 4.78 is 5.56. The quantitative estimate of drug-likeness (QED) is 0.716. The highest BCUT2D eigenvalue weighted by atomic mass is 16.5. The molecule has 4 nitrogen and oxygen atoms in total. The Morgan fingerprint density at radius 1 is 1.56 bits per heavy atom. The fraction of sp³-hybridized carbons (Fsp3) is 0.500. The fourth-order valence-corrected chi connectivity index (χ4v) is 1.91. The summed E-state index contributed by atoms with van der Waals surface area (Å²) in [4.78, 5) is 6.45. The zero-order chi connectivity index (χ0) is 11.5. The first-order valence-corrected chi connectivity index (χ1v) is 5.45. The van der Waals surface area contributed by atoms with E-state index in [4.69, 9.17) is 10.00 Å². The van der Waals surface area contributed by atoms with E-state index < -0.39 is 0 Å². The molecular weight excluding hydrogens is 202 g/mol. The number of aromatic nitrogens is 1. The van der Waals surface area contributed by atoms with Crippen LogP contribution in [0, 0.1) is 11.3 Å². The molecule has 2 unspecified atom stereocenters. The number of nitriles is 1. The van der Waals surface area contributed by atoms with Gasteiger partial charge >= 0.3 is 0 Å². The van der Waals surface area contributed by atoms with Gasteiger partial charge in [0, 0.05) is 12.7 Å². The number of nitrogens with zero attached hydrogens (tertiary/aromatic N) is 3. The van der Waals surface area contributed by atoms with Crippen LogP contribution in [0.25, 0.3) is 0 Å². The third kappa shape index (κ3) is 2.00. The summed E-state index contributed by atoms with van der Waals surface area (Å²) in [5.74, 6) is 0.771. The molecule has 0 bridgehead atoms. The van der Waals surface area contributed by atoms with E-state index in [1.54, 1.807) is 18.3 Å². The van der Waals surface area contributed by atoms with Gasteiger partial charge in [0.15, 0.2) is 0 Å². The van der Waals surface area contributed by atoms with Gasteiger partial charge in [0.2, 0.25) is 0 Å². The van der Waals surface area contributed by atoms with Crippen molar-refractivity contribution in [2.45, 2.75) is 26.0 Å². The number of pyridine rings is 1. The van der Waals surface area contributed by atoms with Crippen molar-refractivity contribution >= 4 is 5.82 Å². The average Bonchev–Trinajstić information content (AvgIpc) is 2.32. The zero-order valence-electron chi connectivity index (χ0n) is 9.55. The molecule has 84 valence electrons. The summed E-state index contributed by atoms with van der Waals surface area (Å²) in [6, 6.07) is 6.03. The lowest BCUT2D eigenvalue weighted by Gasteiger charge is -2.37. The first kappa shape index (κ1) is 10.9. The Bertz CT molecular complexity index is 413. The van der Waals surface area contributed by atoms with Gasteiger partial charge in [-0.2, -0.15) is 5.26 Å². The van der Waals surface area contributed by atoms with E-state index in [0.717, 1.165) is 12.4 Å². The average molecular weight is 217 g/mol. The molecule has 1 aromatic heterocycles. The normalized spacial score (nSPS) is 25.2. The number of rotatable bonds is 1. The van der Waals surface area contributed by atoms with Gasteiger partial charge in [-0.15, -0.1) is 0 Å². The smallest absolute Gasteiger partial charge is 0.146 e. The Labute approximate surface area is 95.5 Å². The third-order valence-electron chi connectivity index (χ3n) is 2.79. The SMILES string of the molecule is CC1CN(c2ncccc2C#N)C(C)CO1. The Hall–Kier alpha value is -1.60. The number of anilines is 1. The molecule has 0 N–H and O–H groups in total. The molecule has 4 heteroatoms. The van der Waals surface area contributed by atoms with E-state index in [1.807, 2.05) is 6.92 Å². The van der Waals surface area contributed by atoms with Crippen molar-refractivity contribution in [2.24, 2.45) is 0 Å². The van der Waals surface area contributed by atoms with E-state index in [0.29, 0.717) is 12.2 Å². The summed E-state index contributed by atoms with van der Waals surface area (Å²) in [6.45, 7) is 5.59. The highest BCUT2D eigenvalue weighted by Gasteiger charge is 2.25. The highest BCUT2D eigenvalue weighted by molar-refractivity contribution is 5.54. The van der Waals surface area contributed by atoms with Crippen LogP contribution in [-0.2, 0) is 4.74 Å². The minimum absolute atomic E-state index is 0.185. The van der Waals surface area contributed by atoms with Crippen LogP contribution in [0.4, 0.5) is 5.82 Å². The second-order valence-electron chi connectivity index (χ2n) is 4.13. The molecule has 1 aliphatic rings. The molecule has 1 aromatic rings. The topological polar surface area (TPSA) is 49.2 Å². The molecule has 2 rings (SSSR count). The molecule has 0 radical (unpaired) electrons. The minimum Gasteiger partial charge on any atom is -0.375 e. The molecule has 1 fully saturated rings. The summed E-state index contributed by atoms with van der Waals surface area (Å²) in [5.41, 5.74) is 0.628. The number of hydrogen-bond acceptors (Lipinski definition) is 4. The highest BCUT2D eigenvalue weighted by Crippen LogP contribution is 2.22. The first-order valence-electron chi connectivity index (χ1n) is 5.45. The second kappa shape index (κ2) is 4.50. The molecule has 2 heterocycles. The van der Waals surface area contributed by atoms with Gasteiger partial charge in [0.1, 0.15) is 11.9 Å². The van der Waals surface area contributed by atoms with E-state index in [9.17, 15) is 0 Å². The fourth-order valence-electron chi connectivity index (χ4n) is 1.91. The maximum absolute atomic E-state index is 9.05. The van der Waals surface area contributed by atoms with Crippen LogP contribution in [0.1, 0.15) is 19.4 Å². The maximum Gasteiger partial charge on any atom is 0.146 e. The summed E-state index contributed by atoms with van der Waals surface area (Å²) >= 11 is 0. The van der Waals surface area contributed by atoms with Crippen molar-refractivity contribution in [3.8, 4) is 6.07 Å². The lowest BCUT2D eigenvalue weighted by atomic mass is 10.1. The molecule has 0 saturated carbocycles. The first-order chi connectivity index (χ1) is 7.72. The number of ether oxygens (including phenoxy) is 1. The zero-order valence-corrected chi connectivity index (χ0v) is 9.55. The van der Waals surface area contributed by atoms with Crippen molar-refractivity contribution in [1.82, 2.24) is 4.98 Å². The number of morpholine rings is 1. The Balaban J connectivity index is 2.32. The predicted octanol–water partition coefficient (Wildman–Crippen LogP) is 1.57. The maximum atomic E-state index is 9.05. The van der Waals surface area contributed by atoms with E-state index in [2.05, 4.69) is 22.9 Å². The summed E-state index contributed by atoms with van der Waals surface area (Å²) in [6.07, 6.45) is 1.91. The third-order valence-corrected chi connectivity index (χ3v) is 2.79. The molecule has 0 aliphatic carbocycles. The molecule has 1 saturated heterocycles. The van der Waals surface area contributed by atoms with E-state index in [-0.39, 0.29) is 12.1 Å². The van der Waals surface area contributed by atoms with Crippen LogP contribution >= 0.6 is 0 Å². The lowest BCUT2D eigenvalue weighted by Crippen LogP contribution is -2.48. The standard InChI is InChI=1S/C12H15N3O/c1-9-8-16-10(2)7-15(9)12-11(6-13)4-3-5-14-12/h3-5,9-10H,7-8H2,1-2H3. The van der Waals surface area contributed by atoms with Crippen LogP contribution in [0.3, 0.4) is 0 Å².